The zero-order valence-electron chi connectivity index (χ0n) is 11.3. The Hall–Kier alpha value is -2.13. The van der Waals surface area contributed by atoms with Crippen molar-refractivity contribution in [1.82, 2.24) is 5.32 Å². The van der Waals surface area contributed by atoms with Gasteiger partial charge in [0.25, 0.3) is 0 Å². The number of hydrogen-bond donors (Lipinski definition) is 2. The molecule has 1 heterocycles. The van der Waals surface area contributed by atoms with E-state index in [1.54, 1.807) is 0 Å². The fourth-order valence-corrected chi connectivity index (χ4v) is 2.54. The van der Waals surface area contributed by atoms with E-state index in [2.05, 4.69) is 28.8 Å². The Labute approximate surface area is 119 Å². The molecule has 1 amide bonds. The predicted octanol–water partition coefficient (Wildman–Crippen LogP) is 2.73. The lowest BCUT2D eigenvalue weighted by Gasteiger charge is -2.15. The quantitative estimate of drug-likeness (QED) is 0.897. The average Bonchev–Trinajstić information content (AvgIpc) is 2.65. The van der Waals surface area contributed by atoms with E-state index in [9.17, 15) is 4.79 Å². The first-order valence-electron chi connectivity index (χ1n) is 6.99. The van der Waals surface area contributed by atoms with E-state index in [0.29, 0.717) is 0 Å². The number of anilines is 1. The molecule has 1 unspecified atom stereocenters. The van der Waals surface area contributed by atoms with E-state index in [1.165, 1.54) is 11.1 Å². The molecule has 3 rings (SSSR count). The SMILES string of the molecule is O=C1Nc2ccccc2CCC1NCc1ccccc1. The highest BCUT2D eigenvalue weighted by Crippen LogP contribution is 2.21. The monoisotopic (exact) mass is 266 g/mol. The van der Waals surface area contributed by atoms with Gasteiger partial charge in [-0.3, -0.25) is 4.79 Å². The van der Waals surface area contributed by atoms with Gasteiger partial charge in [-0.05, 0) is 30.0 Å². The molecule has 0 fully saturated rings. The highest BCUT2D eigenvalue weighted by atomic mass is 16.2. The molecule has 0 bridgehead atoms. The second-order valence-electron chi connectivity index (χ2n) is 5.10. The van der Waals surface area contributed by atoms with E-state index in [-0.39, 0.29) is 11.9 Å². The lowest BCUT2D eigenvalue weighted by atomic mass is 10.1. The second-order valence-corrected chi connectivity index (χ2v) is 5.10. The summed E-state index contributed by atoms with van der Waals surface area (Å²) in [5, 5.41) is 6.36. The minimum atomic E-state index is -0.136. The minimum absolute atomic E-state index is 0.0610. The van der Waals surface area contributed by atoms with Crippen LogP contribution in [0.1, 0.15) is 17.5 Å². The fraction of sp³-hybridized carbons (Fsp3) is 0.235. The number of rotatable bonds is 3. The molecule has 1 aliphatic heterocycles. The molecule has 20 heavy (non-hydrogen) atoms. The lowest BCUT2D eigenvalue weighted by molar-refractivity contribution is -0.118. The summed E-state index contributed by atoms with van der Waals surface area (Å²) in [6.45, 7) is 0.718. The first kappa shape index (κ1) is 12.9. The molecule has 0 spiro atoms. The number of aryl methyl sites for hydroxylation is 1. The summed E-state index contributed by atoms with van der Waals surface area (Å²) in [6.07, 6.45) is 1.75. The molecule has 1 atom stereocenters. The zero-order valence-corrected chi connectivity index (χ0v) is 11.3. The van der Waals surface area contributed by atoms with E-state index >= 15 is 0 Å². The Morgan fingerprint density at radius 1 is 1.05 bits per heavy atom. The molecule has 3 nitrogen and oxygen atoms in total. The standard InChI is InChI=1S/C17H18N2O/c20-17-16(18-12-13-6-2-1-3-7-13)11-10-14-8-4-5-9-15(14)19-17/h1-9,16,18H,10-12H2,(H,19,20). The Bertz CT molecular complexity index is 595. The van der Waals surface area contributed by atoms with Crippen LogP contribution < -0.4 is 10.6 Å². The van der Waals surface area contributed by atoms with Crippen molar-refractivity contribution in [2.45, 2.75) is 25.4 Å². The molecule has 2 N–H and O–H groups in total. The van der Waals surface area contributed by atoms with Crippen LogP contribution in [-0.4, -0.2) is 11.9 Å². The summed E-state index contributed by atoms with van der Waals surface area (Å²) < 4.78 is 0. The third-order valence-electron chi connectivity index (χ3n) is 3.69. The summed E-state index contributed by atoms with van der Waals surface area (Å²) >= 11 is 0. The van der Waals surface area contributed by atoms with Gasteiger partial charge in [0.05, 0.1) is 6.04 Å². The van der Waals surface area contributed by atoms with Crippen LogP contribution in [0.2, 0.25) is 0 Å². The Balaban J connectivity index is 1.66. The topological polar surface area (TPSA) is 41.1 Å². The molecule has 0 radical (unpaired) electrons. The Morgan fingerprint density at radius 3 is 2.65 bits per heavy atom. The number of nitrogens with one attached hydrogen (secondary N) is 2. The number of hydrogen-bond acceptors (Lipinski definition) is 2. The van der Waals surface area contributed by atoms with Crippen LogP contribution in [0.4, 0.5) is 5.69 Å². The van der Waals surface area contributed by atoms with Crippen LogP contribution in [0.25, 0.3) is 0 Å². The van der Waals surface area contributed by atoms with Gasteiger partial charge < -0.3 is 10.6 Å². The van der Waals surface area contributed by atoms with E-state index < -0.39 is 0 Å². The maximum Gasteiger partial charge on any atom is 0.241 e. The number of para-hydroxylation sites is 1. The van der Waals surface area contributed by atoms with Gasteiger partial charge in [-0.2, -0.15) is 0 Å². The van der Waals surface area contributed by atoms with Crippen LogP contribution in [-0.2, 0) is 17.8 Å². The van der Waals surface area contributed by atoms with Gasteiger partial charge in [0.15, 0.2) is 0 Å². The second kappa shape index (κ2) is 5.88. The van der Waals surface area contributed by atoms with Crippen LogP contribution in [0, 0.1) is 0 Å². The van der Waals surface area contributed by atoms with Gasteiger partial charge in [-0.25, -0.2) is 0 Å². The third-order valence-corrected chi connectivity index (χ3v) is 3.69. The van der Waals surface area contributed by atoms with Crippen LogP contribution in [0.3, 0.4) is 0 Å². The molecular weight excluding hydrogens is 248 g/mol. The van der Waals surface area contributed by atoms with Gasteiger partial charge in [0.1, 0.15) is 0 Å². The molecule has 2 aromatic rings. The maximum absolute atomic E-state index is 12.2. The Kier molecular flexibility index (Phi) is 3.79. The number of carbonyl (C=O) groups excluding carboxylic acids is 1. The van der Waals surface area contributed by atoms with Gasteiger partial charge >= 0.3 is 0 Å². The van der Waals surface area contributed by atoms with Crippen LogP contribution in [0.5, 0.6) is 0 Å². The summed E-state index contributed by atoms with van der Waals surface area (Å²) in [4.78, 5) is 12.2. The minimum Gasteiger partial charge on any atom is -0.324 e. The van der Waals surface area contributed by atoms with E-state index in [0.717, 1.165) is 25.1 Å². The Morgan fingerprint density at radius 2 is 1.80 bits per heavy atom. The van der Waals surface area contributed by atoms with Crippen LogP contribution in [0.15, 0.2) is 54.6 Å². The summed E-state index contributed by atoms with van der Waals surface area (Å²) in [7, 11) is 0. The van der Waals surface area contributed by atoms with E-state index in [4.69, 9.17) is 0 Å². The third kappa shape index (κ3) is 2.89. The number of benzene rings is 2. The summed E-state index contributed by atoms with van der Waals surface area (Å²) in [5.74, 6) is 0.0610. The molecule has 0 aliphatic carbocycles. The highest BCUT2D eigenvalue weighted by Gasteiger charge is 2.22. The van der Waals surface area contributed by atoms with Crippen molar-refractivity contribution in [3.63, 3.8) is 0 Å². The number of amides is 1. The fourth-order valence-electron chi connectivity index (χ4n) is 2.54. The molecular formula is C17H18N2O. The van der Waals surface area contributed by atoms with Gasteiger partial charge in [-0.1, -0.05) is 48.5 Å². The van der Waals surface area contributed by atoms with Crippen molar-refractivity contribution in [2.24, 2.45) is 0 Å². The van der Waals surface area contributed by atoms with Crippen molar-refractivity contribution in [3.8, 4) is 0 Å². The van der Waals surface area contributed by atoms with Crippen molar-refractivity contribution in [2.75, 3.05) is 5.32 Å². The smallest absolute Gasteiger partial charge is 0.241 e. The van der Waals surface area contributed by atoms with Crippen molar-refractivity contribution in [3.05, 3.63) is 65.7 Å². The van der Waals surface area contributed by atoms with Crippen LogP contribution >= 0.6 is 0 Å². The number of carbonyl (C=O) groups is 1. The van der Waals surface area contributed by atoms with E-state index in [1.807, 2.05) is 36.4 Å². The van der Waals surface area contributed by atoms with Crippen molar-refractivity contribution in [1.29, 1.82) is 0 Å². The highest BCUT2D eigenvalue weighted by molar-refractivity contribution is 5.96. The first-order valence-corrected chi connectivity index (χ1v) is 6.99. The average molecular weight is 266 g/mol. The van der Waals surface area contributed by atoms with Gasteiger partial charge in [0, 0.05) is 12.2 Å². The molecule has 0 aromatic heterocycles. The largest absolute Gasteiger partial charge is 0.324 e. The normalized spacial score (nSPS) is 18.0. The van der Waals surface area contributed by atoms with Crippen molar-refractivity contribution >= 4 is 11.6 Å². The lowest BCUT2D eigenvalue weighted by Crippen LogP contribution is -2.39. The predicted molar refractivity (Wildman–Crippen MR) is 80.5 cm³/mol. The molecule has 102 valence electrons. The molecule has 1 aliphatic rings. The van der Waals surface area contributed by atoms with Crippen molar-refractivity contribution < 1.29 is 4.79 Å². The maximum atomic E-state index is 12.2. The molecule has 0 saturated heterocycles. The first-order chi connectivity index (χ1) is 9.83. The molecule has 3 heteroatoms. The zero-order chi connectivity index (χ0) is 13.8. The number of fused-ring (bicyclic) bond motifs is 1. The summed E-state index contributed by atoms with van der Waals surface area (Å²) in [6, 6.07) is 18.0. The van der Waals surface area contributed by atoms with Gasteiger partial charge in [-0.15, -0.1) is 0 Å². The van der Waals surface area contributed by atoms with Gasteiger partial charge in [0.2, 0.25) is 5.91 Å². The summed E-state index contributed by atoms with van der Waals surface area (Å²) in [5.41, 5.74) is 3.36. The molecule has 0 saturated carbocycles. The molecule has 2 aromatic carbocycles.